The third-order valence-corrected chi connectivity index (χ3v) is 6.19. The number of para-hydroxylation sites is 2. The van der Waals surface area contributed by atoms with Gasteiger partial charge in [-0.05, 0) is 49.6 Å². The third kappa shape index (κ3) is 3.49. The number of piperazine rings is 1. The Hall–Kier alpha value is -3.75. The van der Waals surface area contributed by atoms with Crippen LogP contribution < -0.4 is 4.90 Å². The molecule has 1 aliphatic heterocycles. The fourth-order valence-corrected chi connectivity index (χ4v) is 4.59. The average Bonchev–Trinajstić information content (AvgIpc) is 3.42. The molecular formula is C23H22FN5O3. The Balaban J connectivity index is 1.36. The van der Waals surface area contributed by atoms with Gasteiger partial charge < -0.3 is 9.80 Å². The summed E-state index contributed by atoms with van der Waals surface area (Å²) in [5.74, 6) is -0.434. The molecule has 32 heavy (non-hydrogen) atoms. The SMILES string of the molecule is O=C(c1nn(-c2ccc(F)cc2)c2c1CCC2)N1CCN(c2ccccc2[N+](=O)[O-])CC1. The van der Waals surface area contributed by atoms with E-state index in [1.165, 1.54) is 18.2 Å². The van der Waals surface area contributed by atoms with Crippen molar-refractivity contribution < 1.29 is 14.1 Å². The van der Waals surface area contributed by atoms with Gasteiger partial charge in [-0.15, -0.1) is 0 Å². The van der Waals surface area contributed by atoms with E-state index in [-0.39, 0.29) is 22.3 Å². The summed E-state index contributed by atoms with van der Waals surface area (Å²) in [4.78, 5) is 28.0. The zero-order valence-electron chi connectivity index (χ0n) is 17.4. The van der Waals surface area contributed by atoms with Crippen molar-refractivity contribution in [3.05, 3.63) is 81.4 Å². The van der Waals surface area contributed by atoms with Gasteiger partial charge >= 0.3 is 0 Å². The highest BCUT2D eigenvalue weighted by Crippen LogP contribution is 2.31. The summed E-state index contributed by atoms with van der Waals surface area (Å²) < 4.78 is 15.1. The van der Waals surface area contributed by atoms with Crippen molar-refractivity contribution in [1.29, 1.82) is 0 Å². The summed E-state index contributed by atoms with van der Waals surface area (Å²) in [6, 6.07) is 12.8. The normalized spacial score (nSPS) is 15.7. The number of nitro groups is 1. The van der Waals surface area contributed by atoms with E-state index in [4.69, 9.17) is 0 Å². The van der Waals surface area contributed by atoms with Crippen molar-refractivity contribution in [2.24, 2.45) is 0 Å². The maximum absolute atomic E-state index is 13.3. The highest BCUT2D eigenvalue weighted by molar-refractivity contribution is 5.94. The van der Waals surface area contributed by atoms with Crippen molar-refractivity contribution in [3.8, 4) is 5.69 Å². The molecule has 2 aromatic carbocycles. The summed E-state index contributed by atoms with van der Waals surface area (Å²) in [7, 11) is 0. The lowest BCUT2D eigenvalue weighted by Crippen LogP contribution is -2.49. The number of nitrogens with zero attached hydrogens (tertiary/aromatic N) is 5. The van der Waals surface area contributed by atoms with E-state index in [9.17, 15) is 19.3 Å². The van der Waals surface area contributed by atoms with Crippen LogP contribution in [-0.4, -0.2) is 51.7 Å². The molecule has 0 unspecified atom stereocenters. The number of benzene rings is 2. The van der Waals surface area contributed by atoms with Gasteiger partial charge in [0.25, 0.3) is 11.6 Å². The number of fused-ring (bicyclic) bond motifs is 1. The van der Waals surface area contributed by atoms with Crippen LogP contribution in [0, 0.1) is 15.9 Å². The lowest BCUT2D eigenvalue weighted by molar-refractivity contribution is -0.384. The van der Waals surface area contributed by atoms with E-state index < -0.39 is 0 Å². The number of anilines is 1. The van der Waals surface area contributed by atoms with Gasteiger partial charge in [0.15, 0.2) is 5.69 Å². The fraction of sp³-hybridized carbons (Fsp3) is 0.304. The van der Waals surface area contributed by atoms with Crippen LogP contribution in [-0.2, 0) is 12.8 Å². The molecule has 3 aromatic rings. The summed E-state index contributed by atoms with van der Waals surface area (Å²) in [6.45, 7) is 1.95. The summed E-state index contributed by atoms with van der Waals surface area (Å²) in [5.41, 5.74) is 3.83. The van der Waals surface area contributed by atoms with Crippen LogP contribution in [0.5, 0.6) is 0 Å². The lowest BCUT2D eigenvalue weighted by atomic mass is 10.1. The lowest BCUT2D eigenvalue weighted by Gasteiger charge is -2.35. The molecule has 2 aliphatic rings. The predicted octanol–water partition coefficient (Wildman–Crippen LogP) is 3.37. The molecular weight excluding hydrogens is 413 g/mol. The third-order valence-electron chi connectivity index (χ3n) is 6.19. The van der Waals surface area contributed by atoms with E-state index in [0.717, 1.165) is 36.2 Å². The standard InChI is InChI=1S/C23H22FN5O3/c24-16-8-10-17(11-9-16)28-19-7-3-4-18(19)22(25-28)23(30)27-14-12-26(13-15-27)20-5-1-2-6-21(20)29(31)32/h1-2,5-6,8-11H,3-4,7,12-15H2. The molecule has 0 radical (unpaired) electrons. The van der Waals surface area contributed by atoms with Gasteiger partial charge in [-0.1, -0.05) is 12.1 Å². The van der Waals surface area contributed by atoms with Crippen molar-refractivity contribution in [3.63, 3.8) is 0 Å². The number of rotatable bonds is 4. The highest BCUT2D eigenvalue weighted by Gasteiger charge is 2.32. The number of carbonyl (C=O) groups excluding carboxylic acids is 1. The second-order valence-corrected chi connectivity index (χ2v) is 8.04. The molecule has 1 saturated heterocycles. The largest absolute Gasteiger partial charge is 0.362 e. The Morgan fingerprint density at radius 3 is 2.44 bits per heavy atom. The van der Waals surface area contributed by atoms with Gasteiger partial charge in [-0.2, -0.15) is 5.10 Å². The maximum atomic E-state index is 13.3. The van der Waals surface area contributed by atoms with Crippen molar-refractivity contribution in [2.75, 3.05) is 31.1 Å². The van der Waals surface area contributed by atoms with Crippen LogP contribution in [0.15, 0.2) is 48.5 Å². The Morgan fingerprint density at radius 2 is 1.72 bits per heavy atom. The molecule has 0 spiro atoms. The molecule has 1 aliphatic carbocycles. The number of hydrogen-bond donors (Lipinski definition) is 0. The molecule has 1 aromatic heterocycles. The minimum Gasteiger partial charge on any atom is -0.362 e. The second-order valence-electron chi connectivity index (χ2n) is 8.04. The van der Waals surface area contributed by atoms with Crippen LogP contribution in [0.3, 0.4) is 0 Å². The molecule has 2 heterocycles. The van der Waals surface area contributed by atoms with Gasteiger partial charge in [0, 0.05) is 43.5 Å². The first-order chi connectivity index (χ1) is 15.5. The number of aromatic nitrogens is 2. The first-order valence-corrected chi connectivity index (χ1v) is 10.7. The monoisotopic (exact) mass is 435 g/mol. The molecule has 0 N–H and O–H groups in total. The molecule has 0 saturated carbocycles. The van der Waals surface area contributed by atoms with Crippen molar-refractivity contribution in [1.82, 2.24) is 14.7 Å². The Labute approximate surface area is 184 Å². The average molecular weight is 435 g/mol. The first kappa shape index (κ1) is 20.2. The molecule has 0 bridgehead atoms. The molecule has 5 rings (SSSR count). The van der Waals surface area contributed by atoms with Gasteiger partial charge in [0.1, 0.15) is 11.5 Å². The van der Waals surface area contributed by atoms with Crippen LogP contribution in [0.2, 0.25) is 0 Å². The summed E-state index contributed by atoms with van der Waals surface area (Å²) in [6.07, 6.45) is 2.59. The second kappa shape index (κ2) is 8.07. The zero-order valence-corrected chi connectivity index (χ0v) is 17.4. The first-order valence-electron chi connectivity index (χ1n) is 10.7. The van der Waals surface area contributed by atoms with E-state index >= 15 is 0 Å². The Bertz CT molecular complexity index is 1180. The van der Waals surface area contributed by atoms with Crippen LogP contribution in [0.1, 0.15) is 28.2 Å². The van der Waals surface area contributed by atoms with Crippen LogP contribution in [0.4, 0.5) is 15.8 Å². The maximum Gasteiger partial charge on any atom is 0.292 e. The van der Waals surface area contributed by atoms with Crippen molar-refractivity contribution in [2.45, 2.75) is 19.3 Å². The van der Waals surface area contributed by atoms with E-state index in [1.807, 2.05) is 4.90 Å². The van der Waals surface area contributed by atoms with E-state index in [2.05, 4.69) is 5.10 Å². The van der Waals surface area contributed by atoms with Gasteiger partial charge in [-0.3, -0.25) is 14.9 Å². The van der Waals surface area contributed by atoms with Gasteiger partial charge in [-0.25, -0.2) is 9.07 Å². The Kier molecular flexibility index (Phi) is 5.08. The molecule has 8 nitrogen and oxygen atoms in total. The summed E-state index contributed by atoms with van der Waals surface area (Å²) >= 11 is 0. The fourth-order valence-electron chi connectivity index (χ4n) is 4.59. The van der Waals surface area contributed by atoms with E-state index in [1.54, 1.807) is 39.9 Å². The smallest absolute Gasteiger partial charge is 0.292 e. The number of hydrogen-bond acceptors (Lipinski definition) is 5. The molecule has 0 atom stereocenters. The Morgan fingerprint density at radius 1 is 1.00 bits per heavy atom. The molecule has 1 amide bonds. The minimum absolute atomic E-state index is 0.0723. The number of halogens is 1. The number of nitro benzene ring substituents is 1. The van der Waals surface area contributed by atoms with Crippen LogP contribution in [0.25, 0.3) is 5.69 Å². The van der Waals surface area contributed by atoms with Crippen LogP contribution >= 0.6 is 0 Å². The predicted molar refractivity (Wildman–Crippen MR) is 117 cm³/mol. The van der Waals surface area contributed by atoms with E-state index in [0.29, 0.717) is 37.6 Å². The summed E-state index contributed by atoms with van der Waals surface area (Å²) in [5, 5.41) is 16.0. The highest BCUT2D eigenvalue weighted by atomic mass is 19.1. The topological polar surface area (TPSA) is 84.5 Å². The number of carbonyl (C=O) groups is 1. The molecule has 9 heteroatoms. The minimum atomic E-state index is -0.377. The van der Waals surface area contributed by atoms with Gasteiger partial charge in [0.05, 0.1) is 10.6 Å². The number of amides is 1. The molecule has 1 fully saturated rings. The molecule has 164 valence electrons. The zero-order chi connectivity index (χ0) is 22.2. The van der Waals surface area contributed by atoms with Gasteiger partial charge in [0.2, 0.25) is 0 Å². The quantitative estimate of drug-likeness (QED) is 0.463. The van der Waals surface area contributed by atoms with Crippen molar-refractivity contribution >= 4 is 17.3 Å².